The molecule has 0 spiro atoms. The van der Waals surface area contributed by atoms with Gasteiger partial charge in [-0.1, -0.05) is 23.1 Å². The third kappa shape index (κ3) is 2.37. The summed E-state index contributed by atoms with van der Waals surface area (Å²) in [6, 6.07) is 3.77. The first kappa shape index (κ1) is 11.6. The minimum atomic E-state index is 0.575. The van der Waals surface area contributed by atoms with Crippen LogP contribution in [0.3, 0.4) is 0 Å². The van der Waals surface area contributed by atoms with Crippen LogP contribution in [0.1, 0.15) is 5.56 Å². The van der Waals surface area contributed by atoms with E-state index < -0.39 is 0 Å². The van der Waals surface area contributed by atoms with Gasteiger partial charge in [-0.25, -0.2) is 0 Å². The first-order valence-electron chi connectivity index (χ1n) is 5.40. The van der Waals surface area contributed by atoms with Crippen molar-refractivity contribution >= 4 is 28.8 Å². The van der Waals surface area contributed by atoms with Gasteiger partial charge in [0, 0.05) is 17.5 Å². The van der Waals surface area contributed by atoms with Crippen LogP contribution < -0.4 is 15.2 Å². The van der Waals surface area contributed by atoms with E-state index in [1.807, 2.05) is 12.1 Å². The van der Waals surface area contributed by atoms with Gasteiger partial charge in [0.1, 0.15) is 18.7 Å². The maximum absolute atomic E-state index is 6.00. The van der Waals surface area contributed by atoms with Crippen molar-refractivity contribution in [3.05, 3.63) is 23.2 Å². The van der Waals surface area contributed by atoms with Crippen LogP contribution in [0.15, 0.2) is 22.0 Å². The molecule has 2 N–H and O–H groups in total. The van der Waals surface area contributed by atoms with Crippen molar-refractivity contribution in [2.24, 2.45) is 0 Å². The van der Waals surface area contributed by atoms with Crippen molar-refractivity contribution in [3.8, 4) is 11.5 Å². The number of nitrogens with zero attached hydrogens (tertiary/aromatic N) is 2. The predicted octanol–water partition coefficient (Wildman–Crippen LogP) is 2.18. The zero-order valence-corrected chi connectivity index (χ0v) is 11.1. The largest absolute Gasteiger partial charge is 0.486 e. The van der Waals surface area contributed by atoms with Crippen molar-refractivity contribution in [3.63, 3.8) is 0 Å². The summed E-state index contributed by atoms with van der Waals surface area (Å²) < 4.78 is 12.0. The number of anilines is 1. The molecule has 0 saturated heterocycles. The van der Waals surface area contributed by atoms with E-state index in [0.29, 0.717) is 13.2 Å². The van der Waals surface area contributed by atoms with Gasteiger partial charge in [-0.3, -0.25) is 0 Å². The topological polar surface area (TPSA) is 70.3 Å². The lowest BCUT2D eigenvalue weighted by Gasteiger charge is -2.20. The number of hydrogen-bond acceptors (Lipinski definition) is 7. The Balaban J connectivity index is 1.79. The molecule has 0 fully saturated rings. The summed E-state index contributed by atoms with van der Waals surface area (Å²) in [4.78, 5) is 0. The summed E-state index contributed by atoms with van der Waals surface area (Å²) in [5.41, 5.74) is 9.47. The summed E-state index contributed by atoms with van der Waals surface area (Å²) in [6.45, 7) is 1.16. The smallest absolute Gasteiger partial charge is 0.174 e. The molecule has 1 aliphatic rings. The van der Waals surface area contributed by atoms with Crippen LogP contribution in [-0.2, 0) is 5.75 Å². The summed E-state index contributed by atoms with van der Waals surface area (Å²) >= 11 is 3.13. The molecule has 0 saturated carbocycles. The van der Waals surface area contributed by atoms with Crippen molar-refractivity contribution in [1.29, 1.82) is 0 Å². The quantitative estimate of drug-likeness (QED) is 0.687. The van der Waals surface area contributed by atoms with Gasteiger partial charge in [0.05, 0.1) is 0 Å². The summed E-state index contributed by atoms with van der Waals surface area (Å²) in [6.07, 6.45) is 0. The summed E-state index contributed by atoms with van der Waals surface area (Å²) in [5.74, 6) is 2.24. The van der Waals surface area contributed by atoms with Gasteiger partial charge in [0.2, 0.25) is 0 Å². The molecule has 0 bridgehead atoms. The second-order valence-electron chi connectivity index (χ2n) is 3.69. The number of nitrogen functional groups attached to an aromatic ring is 1. The molecule has 7 heteroatoms. The zero-order chi connectivity index (χ0) is 12.4. The van der Waals surface area contributed by atoms with E-state index in [4.69, 9.17) is 15.2 Å². The van der Waals surface area contributed by atoms with Crippen LogP contribution in [-0.4, -0.2) is 23.4 Å². The lowest BCUT2D eigenvalue weighted by Crippen LogP contribution is -2.15. The Morgan fingerprint density at radius 2 is 2.06 bits per heavy atom. The molecular weight excluding hydrogens is 270 g/mol. The van der Waals surface area contributed by atoms with Gasteiger partial charge in [-0.2, -0.15) is 0 Å². The van der Waals surface area contributed by atoms with Gasteiger partial charge in [-0.05, 0) is 11.6 Å². The second-order valence-corrected chi connectivity index (χ2v) is 5.74. The molecule has 2 heterocycles. The molecule has 1 aromatic carbocycles. The van der Waals surface area contributed by atoms with E-state index in [9.17, 15) is 0 Å². The first-order chi connectivity index (χ1) is 8.83. The van der Waals surface area contributed by atoms with E-state index in [2.05, 4.69) is 10.2 Å². The van der Waals surface area contributed by atoms with Crippen LogP contribution in [0.25, 0.3) is 0 Å². The Morgan fingerprint density at radius 1 is 1.28 bits per heavy atom. The fraction of sp³-hybridized carbons (Fsp3) is 0.273. The Hall–Kier alpha value is -1.47. The molecule has 1 aromatic heterocycles. The monoisotopic (exact) mass is 281 g/mol. The maximum Gasteiger partial charge on any atom is 0.174 e. The van der Waals surface area contributed by atoms with Crippen LogP contribution >= 0.6 is 23.1 Å². The molecule has 0 radical (unpaired) electrons. The summed E-state index contributed by atoms with van der Waals surface area (Å²) in [5, 5.41) is 7.78. The normalized spacial score (nSPS) is 13.6. The average Bonchev–Trinajstić information content (AvgIpc) is 2.89. The third-order valence-electron chi connectivity index (χ3n) is 2.50. The highest BCUT2D eigenvalue weighted by Gasteiger charge is 2.14. The Kier molecular flexibility index (Phi) is 3.24. The van der Waals surface area contributed by atoms with Crippen LogP contribution in [0.5, 0.6) is 11.5 Å². The third-order valence-corrected chi connectivity index (χ3v) is 4.40. The minimum Gasteiger partial charge on any atom is -0.486 e. The fourth-order valence-corrected chi connectivity index (χ4v) is 3.13. The Morgan fingerprint density at radius 3 is 2.78 bits per heavy atom. The van der Waals surface area contributed by atoms with E-state index in [-0.39, 0.29) is 0 Å². The van der Waals surface area contributed by atoms with Crippen molar-refractivity contribution in [2.75, 3.05) is 18.9 Å². The Bertz CT molecular complexity index is 545. The van der Waals surface area contributed by atoms with Crippen molar-refractivity contribution < 1.29 is 9.47 Å². The maximum atomic E-state index is 6.00. The van der Waals surface area contributed by atoms with Crippen LogP contribution in [0.2, 0.25) is 0 Å². The molecule has 94 valence electrons. The van der Waals surface area contributed by atoms with E-state index in [1.165, 1.54) is 11.3 Å². The van der Waals surface area contributed by atoms with Gasteiger partial charge in [0.15, 0.2) is 15.8 Å². The molecule has 0 aliphatic carbocycles. The Labute approximate surface area is 112 Å². The van der Waals surface area contributed by atoms with Gasteiger partial charge >= 0.3 is 0 Å². The standard InChI is InChI=1S/C11H11N3O2S2/c12-8-4-10-9(15-1-2-16-10)3-7(8)5-17-11-14-13-6-18-11/h3-4,6H,1-2,5,12H2. The molecule has 18 heavy (non-hydrogen) atoms. The fourth-order valence-electron chi connectivity index (χ4n) is 1.64. The van der Waals surface area contributed by atoms with Crippen LogP contribution in [0, 0.1) is 0 Å². The lowest BCUT2D eigenvalue weighted by atomic mass is 10.2. The van der Waals surface area contributed by atoms with Crippen molar-refractivity contribution in [1.82, 2.24) is 10.2 Å². The molecule has 5 nitrogen and oxygen atoms in total. The number of rotatable bonds is 3. The summed E-state index contributed by atoms with van der Waals surface area (Å²) in [7, 11) is 0. The van der Waals surface area contributed by atoms with E-state index in [1.54, 1.807) is 17.3 Å². The number of thioether (sulfide) groups is 1. The van der Waals surface area contributed by atoms with Gasteiger partial charge < -0.3 is 15.2 Å². The first-order valence-corrected chi connectivity index (χ1v) is 7.26. The molecule has 3 rings (SSSR count). The number of nitrogens with two attached hydrogens (primary N) is 1. The van der Waals surface area contributed by atoms with Gasteiger partial charge in [0.25, 0.3) is 0 Å². The SMILES string of the molecule is Nc1cc2c(cc1CSc1nncs1)OCCO2. The lowest BCUT2D eigenvalue weighted by molar-refractivity contribution is 0.171. The van der Waals surface area contributed by atoms with E-state index >= 15 is 0 Å². The molecule has 0 atom stereocenters. The second kappa shape index (κ2) is 5.03. The predicted molar refractivity (Wildman–Crippen MR) is 71.3 cm³/mol. The number of ether oxygens (including phenoxy) is 2. The highest BCUT2D eigenvalue weighted by Crippen LogP contribution is 2.36. The van der Waals surface area contributed by atoms with Crippen LogP contribution in [0.4, 0.5) is 5.69 Å². The molecule has 2 aromatic rings. The average molecular weight is 281 g/mol. The number of fused-ring (bicyclic) bond motifs is 1. The van der Waals surface area contributed by atoms with E-state index in [0.717, 1.165) is 32.8 Å². The zero-order valence-electron chi connectivity index (χ0n) is 9.46. The number of hydrogen-bond donors (Lipinski definition) is 1. The minimum absolute atomic E-state index is 0.575. The molecule has 0 amide bonds. The highest BCUT2D eigenvalue weighted by atomic mass is 32.2. The van der Waals surface area contributed by atoms with Gasteiger partial charge in [-0.15, -0.1) is 10.2 Å². The van der Waals surface area contributed by atoms with Crippen molar-refractivity contribution in [2.45, 2.75) is 10.1 Å². The number of benzene rings is 1. The molecule has 1 aliphatic heterocycles. The molecular formula is C11H11N3O2S2. The number of aromatic nitrogens is 2. The molecule has 0 unspecified atom stereocenters. The highest BCUT2D eigenvalue weighted by molar-refractivity contribution is 8.00.